The Hall–Kier alpha value is -2.96. The summed E-state index contributed by atoms with van der Waals surface area (Å²) < 4.78 is 29.0. The first-order chi connectivity index (χ1) is 10.9. The third-order valence-corrected chi connectivity index (χ3v) is 3.71. The minimum Gasteiger partial charge on any atom is -0.322 e. The van der Waals surface area contributed by atoms with Crippen LogP contribution in [0.4, 0.5) is 14.5 Å². The van der Waals surface area contributed by atoms with Crippen LogP contribution in [-0.2, 0) is 14.1 Å². The zero-order valence-corrected chi connectivity index (χ0v) is 12.4. The predicted octanol–water partition coefficient (Wildman–Crippen LogP) is 2.41. The molecule has 0 aliphatic heterocycles. The van der Waals surface area contributed by atoms with Gasteiger partial charge in [0.15, 0.2) is 11.6 Å². The molecule has 1 N–H and O–H groups in total. The van der Waals surface area contributed by atoms with Gasteiger partial charge in [-0.1, -0.05) is 0 Å². The number of halogens is 2. The van der Waals surface area contributed by atoms with Crippen LogP contribution in [0.1, 0.15) is 10.4 Å². The monoisotopic (exact) mass is 317 g/mol. The van der Waals surface area contributed by atoms with Gasteiger partial charge in [0, 0.05) is 31.4 Å². The lowest BCUT2D eigenvalue weighted by atomic mass is 10.1. The fraction of sp³-hybridized carbons (Fsp3) is 0.125. The van der Waals surface area contributed by atoms with E-state index in [9.17, 15) is 18.4 Å². The van der Waals surface area contributed by atoms with Crippen molar-refractivity contribution in [2.24, 2.45) is 14.1 Å². The Morgan fingerprint density at radius 2 is 1.65 bits per heavy atom. The molecule has 0 saturated carbocycles. The number of nitrogens with one attached hydrogen (secondary N) is 1. The van der Waals surface area contributed by atoms with Crippen LogP contribution in [0.3, 0.4) is 0 Å². The normalized spacial score (nSPS) is 11.0. The molecule has 23 heavy (non-hydrogen) atoms. The van der Waals surface area contributed by atoms with Gasteiger partial charge in [-0.05, 0) is 30.3 Å². The van der Waals surface area contributed by atoms with E-state index in [2.05, 4.69) is 5.32 Å². The van der Waals surface area contributed by atoms with E-state index in [0.29, 0.717) is 16.6 Å². The van der Waals surface area contributed by atoms with E-state index in [1.807, 2.05) is 0 Å². The minimum atomic E-state index is -1.04. The Labute approximate surface area is 129 Å². The van der Waals surface area contributed by atoms with Crippen LogP contribution in [0, 0.1) is 11.6 Å². The highest BCUT2D eigenvalue weighted by Gasteiger charge is 2.13. The highest BCUT2D eigenvalue weighted by molar-refractivity contribution is 6.06. The Bertz CT molecular complexity index is 989. The summed E-state index contributed by atoms with van der Waals surface area (Å²) in [6.07, 6.45) is 0. The molecule has 2 aromatic carbocycles. The maximum atomic E-state index is 13.2. The second-order valence-corrected chi connectivity index (χ2v) is 5.19. The molecule has 0 bridgehead atoms. The molecule has 1 heterocycles. The Balaban J connectivity index is 1.96. The van der Waals surface area contributed by atoms with Crippen molar-refractivity contribution < 1.29 is 13.6 Å². The number of aryl methyl sites for hydroxylation is 2. The van der Waals surface area contributed by atoms with E-state index in [1.54, 1.807) is 32.3 Å². The van der Waals surface area contributed by atoms with E-state index in [0.717, 1.165) is 12.1 Å². The molecule has 0 fully saturated rings. The molecular formula is C16H13F2N3O2. The van der Waals surface area contributed by atoms with Crippen molar-refractivity contribution in [2.45, 2.75) is 0 Å². The number of anilines is 1. The first-order valence-electron chi connectivity index (χ1n) is 6.80. The van der Waals surface area contributed by atoms with E-state index < -0.39 is 17.5 Å². The highest BCUT2D eigenvalue weighted by atomic mass is 19.2. The molecule has 0 saturated heterocycles. The summed E-state index contributed by atoms with van der Waals surface area (Å²) in [6.45, 7) is 0. The number of nitrogens with zero attached hydrogens (tertiary/aromatic N) is 2. The van der Waals surface area contributed by atoms with Gasteiger partial charge in [0.05, 0.1) is 11.0 Å². The molecule has 5 nitrogen and oxygen atoms in total. The van der Waals surface area contributed by atoms with Gasteiger partial charge in [0.1, 0.15) is 0 Å². The smallest absolute Gasteiger partial charge is 0.322 e. The van der Waals surface area contributed by atoms with Gasteiger partial charge in [0.2, 0.25) is 0 Å². The molecule has 0 aliphatic carbocycles. The van der Waals surface area contributed by atoms with Crippen molar-refractivity contribution in [2.75, 3.05) is 5.32 Å². The summed E-state index contributed by atoms with van der Waals surface area (Å²) in [6, 6.07) is 7.92. The quantitative estimate of drug-likeness (QED) is 0.789. The average molecular weight is 317 g/mol. The number of carbonyl (C=O) groups is 1. The molecule has 0 aliphatic rings. The fourth-order valence-corrected chi connectivity index (χ4v) is 2.43. The van der Waals surface area contributed by atoms with Gasteiger partial charge in [-0.3, -0.25) is 13.9 Å². The topological polar surface area (TPSA) is 56.0 Å². The summed E-state index contributed by atoms with van der Waals surface area (Å²) in [4.78, 5) is 24.1. The summed E-state index contributed by atoms with van der Waals surface area (Å²) in [5, 5.41) is 2.49. The third-order valence-electron chi connectivity index (χ3n) is 3.71. The van der Waals surface area contributed by atoms with Gasteiger partial charge in [-0.25, -0.2) is 13.6 Å². The molecule has 1 amide bonds. The molecule has 3 rings (SSSR count). The van der Waals surface area contributed by atoms with Crippen molar-refractivity contribution in [3.63, 3.8) is 0 Å². The number of amides is 1. The number of imidazole rings is 1. The maximum Gasteiger partial charge on any atom is 0.328 e. The third kappa shape index (κ3) is 2.50. The first-order valence-corrected chi connectivity index (χ1v) is 6.80. The lowest BCUT2D eigenvalue weighted by molar-refractivity contribution is 0.102. The van der Waals surface area contributed by atoms with E-state index in [1.165, 1.54) is 15.2 Å². The van der Waals surface area contributed by atoms with Crippen molar-refractivity contribution in [1.29, 1.82) is 0 Å². The van der Waals surface area contributed by atoms with Gasteiger partial charge in [0.25, 0.3) is 5.91 Å². The summed E-state index contributed by atoms with van der Waals surface area (Å²) in [5.41, 5.74) is 1.56. The van der Waals surface area contributed by atoms with Crippen molar-refractivity contribution in [1.82, 2.24) is 9.13 Å². The molecule has 0 spiro atoms. The Kier molecular flexibility index (Phi) is 3.48. The number of hydrogen-bond donors (Lipinski definition) is 1. The van der Waals surface area contributed by atoms with Crippen molar-refractivity contribution in [3.8, 4) is 0 Å². The van der Waals surface area contributed by atoms with Crippen LogP contribution in [-0.4, -0.2) is 15.0 Å². The molecular weight excluding hydrogens is 304 g/mol. The van der Waals surface area contributed by atoms with E-state index >= 15 is 0 Å². The van der Waals surface area contributed by atoms with Crippen LogP contribution in [0.15, 0.2) is 41.2 Å². The van der Waals surface area contributed by atoms with Gasteiger partial charge in [-0.15, -0.1) is 0 Å². The lowest BCUT2D eigenvalue weighted by Crippen LogP contribution is -2.19. The maximum absolute atomic E-state index is 13.2. The van der Waals surface area contributed by atoms with Crippen LogP contribution < -0.4 is 11.0 Å². The minimum absolute atomic E-state index is 0.149. The second kappa shape index (κ2) is 5.35. The molecule has 118 valence electrons. The predicted molar refractivity (Wildman–Crippen MR) is 82.5 cm³/mol. The summed E-state index contributed by atoms with van der Waals surface area (Å²) in [7, 11) is 3.26. The lowest BCUT2D eigenvalue weighted by Gasteiger charge is -2.06. The number of hydrogen-bond acceptors (Lipinski definition) is 2. The highest BCUT2D eigenvalue weighted by Crippen LogP contribution is 2.17. The molecule has 0 atom stereocenters. The van der Waals surface area contributed by atoms with Crippen molar-refractivity contribution in [3.05, 3.63) is 64.1 Å². The van der Waals surface area contributed by atoms with Gasteiger partial charge in [-0.2, -0.15) is 0 Å². The van der Waals surface area contributed by atoms with Gasteiger partial charge >= 0.3 is 5.69 Å². The summed E-state index contributed by atoms with van der Waals surface area (Å²) >= 11 is 0. The second-order valence-electron chi connectivity index (χ2n) is 5.19. The van der Waals surface area contributed by atoms with Crippen LogP contribution in [0.2, 0.25) is 0 Å². The molecule has 7 heteroatoms. The van der Waals surface area contributed by atoms with E-state index in [-0.39, 0.29) is 11.4 Å². The molecule has 1 aromatic heterocycles. The zero-order valence-electron chi connectivity index (χ0n) is 12.4. The first kappa shape index (κ1) is 15.0. The number of fused-ring (bicyclic) bond motifs is 1. The molecule has 0 unspecified atom stereocenters. The number of rotatable bonds is 2. The fourth-order valence-electron chi connectivity index (χ4n) is 2.43. The number of benzene rings is 2. The largest absolute Gasteiger partial charge is 0.328 e. The zero-order chi connectivity index (χ0) is 16.7. The number of carbonyl (C=O) groups excluding carboxylic acids is 1. The van der Waals surface area contributed by atoms with E-state index in [4.69, 9.17) is 0 Å². The van der Waals surface area contributed by atoms with Crippen LogP contribution in [0.5, 0.6) is 0 Å². The van der Waals surface area contributed by atoms with Crippen LogP contribution in [0.25, 0.3) is 11.0 Å². The average Bonchev–Trinajstić information content (AvgIpc) is 2.75. The SMILES string of the molecule is Cn1c(=O)n(C)c2cc(C(=O)Nc3ccc(F)c(F)c3)ccc21. The Morgan fingerprint density at radius 1 is 0.957 bits per heavy atom. The van der Waals surface area contributed by atoms with Crippen molar-refractivity contribution >= 4 is 22.6 Å². The number of aromatic nitrogens is 2. The standard InChI is InChI=1S/C16H13F2N3O2/c1-20-13-6-3-9(7-14(13)21(2)16(20)23)15(22)19-10-4-5-11(17)12(18)8-10/h3-8H,1-2H3,(H,19,22). The van der Waals surface area contributed by atoms with Gasteiger partial charge < -0.3 is 5.32 Å². The summed E-state index contributed by atoms with van der Waals surface area (Å²) in [5.74, 6) is -2.50. The van der Waals surface area contributed by atoms with Crippen LogP contribution >= 0.6 is 0 Å². The Morgan fingerprint density at radius 3 is 2.35 bits per heavy atom. The molecule has 3 aromatic rings. The molecule has 0 radical (unpaired) electrons.